The van der Waals surface area contributed by atoms with Gasteiger partial charge < -0.3 is 14.5 Å². The quantitative estimate of drug-likeness (QED) is 0.764. The zero-order valence-corrected chi connectivity index (χ0v) is 13.3. The van der Waals surface area contributed by atoms with Gasteiger partial charge in [-0.25, -0.2) is 0 Å². The molecule has 2 aromatic rings. The summed E-state index contributed by atoms with van der Waals surface area (Å²) in [5.41, 5.74) is 2.49. The molecule has 0 radical (unpaired) electrons. The first-order valence-electron chi connectivity index (χ1n) is 7.58. The average molecular weight is 287 g/mol. The Morgan fingerprint density at radius 2 is 2.00 bits per heavy atom. The Balaban J connectivity index is 1.85. The van der Waals surface area contributed by atoms with E-state index in [1.54, 1.807) is 6.26 Å². The molecule has 1 atom stereocenters. The second kappa shape index (κ2) is 7.32. The molecule has 114 valence electrons. The van der Waals surface area contributed by atoms with Crippen LogP contribution in [0.15, 0.2) is 41.0 Å². The summed E-state index contributed by atoms with van der Waals surface area (Å²) >= 11 is 0. The number of aryl methyl sites for hydroxylation is 1. The van der Waals surface area contributed by atoms with Crippen molar-refractivity contribution in [2.24, 2.45) is 0 Å². The van der Waals surface area contributed by atoms with E-state index in [-0.39, 0.29) is 6.04 Å². The van der Waals surface area contributed by atoms with Crippen molar-refractivity contribution in [2.45, 2.75) is 39.7 Å². The maximum absolute atomic E-state index is 5.95. The Morgan fingerprint density at radius 1 is 1.19 bits per heavy atom. The van der Waals surface area contributed by atoms with Gasteiger partial charge in [0.2, 0.25) is 0 Å². The summed E-state index contributed by atoms with van der Waals surface area (Å²) in [4.78, 5) is 0. The molecule has 0 aliphatic rings. The lowest BCUT2D eigenvalue weighted by molar-refractivity contribution is 0.298. The Morgan fingerprint density at radius 3 is 2.67 bits per heavy atom. The van der Waals surface area contributed by atoms with E-state index >= 15 is 0 Å². The van der Waals surface area contributed by atoms with Crippen molar-refractivity contribution in [3.8, 4) is 5.75 Å². The van der Waals surface area contributed by atoms with Crippen LogP contribution in [0.25, 0.3) is 0 Å². The van der Waals surface area contributed by atoms with E-state index in [1.807, 2.05) is 12.1 Å². The topological polar surface area (TPSA) is 34.4 Å². The zero-order valence-electron chi connectivity index (χ0n) is 13.3. The molecule has 3 heteroatoms. The number of benzene rings is 1. The molecule has 1 aromatic carbocycles. The van der Waals surface area contributed by atoms with Crippen molar-refractivity contribution in [3.05, 3.63) is 53.5 Å². The van der Waals surface area contributed by atoms with Crippen LogP contribution in [-0.2, 0) is 0 Å². The highest BCUT2D eigenvalue weighted by atomic mass is 16.5. The molecule has 0 saturated carbocycles. The van der Waals surface area contributed by atoms with Crippen LogP contribution in [0.3, 0.4) is 0 Å². The van der Waals surface area contributed by atoms with Crippen LogP contribution in [-0.4, -0.2) is 13.2 Å². The lowest BCUT2D eigenvalue weighted by atomic mass is 10.0. The van der Waals surface area contributed by atoms with Crippen LogP contribution in [0.2, 0.25) is 0 Å². The zero-order chi connectivity index (χ0) is 15.2. The van der Waals surface area contributed by atoms with Gasteiger partial charge in [-0.1, -0.05) is 26.0 Å². The van der Waals surface area contributed by atoms with Crippen LogP contribution >= 0.6 is 0 Å². The highest BCUT2D eigenvalue weighted by Gasteiger charge is 2.09. The van der Waals surface area contributed by atoms with E-state index in [4.69, 9.17) is 9.15 Å². The van der Waals surface area contributed by atoms with Gasteiger partial charge in [0.1, 0.15) is 18.1 Å². The van der Waals surface area contributed by atoms with Gasteiger partial charge in [0.25, 0.3) is 0 Å². The first-order valence-corrected chi connectivity index (χ1v) is 7.58. The third kappa shape index (κ3) is 4.36. The molecule has 3 nitrogen and oxygen atoms in total. The molecule has 21 heavy (non-hydrogen) atoms. The van der Waals surface area contributed by atoms with Gasteiger partial charge in [0, 0.05) is 6.54 Å². The van der Waals surface area contributed by atoms with E-state index in [0.717, 1.165) is 18.1 Å². The third-order valence-corrected chi connectivity index (χ3v) is 3.57. The Labute approximate surface area is 127 Å². The number of hydrogen-bond acceptors (Lipinski definition) is 3. The summed E-state index contributed by atoms with van der Waals surface area (Å²) in [6.45, 7) is 9.99. The predicted octanol–water partition coefficient (Wildman–Crippen LogP) is 4.44. The van der Waals surface area contributed by atoms with E-state index in [1.165, 1.54) is 11.1 Å². The lowest BCUT2D eigenvalue weighted by Gasteiger charge is -2.16. The molecule has 0 amide bonds. The van der Waals surface area contributed by atoms with Crippen LogP contribution in [0, 0.1) is 6.92 Å². The van der Waals surface area contributed by atoms with Crippen LogP contribution in [0.4, 0.5) is 0 Å². The van der Waals surface area contributed by atoms with Crippen molar-refractivity contribution in [2.75, 3.05) is 13.2 Å². The van der Waals surface area contributed by atoms with Gasteiger partial charge in [-0.3, -0.25) is 0 Å². The standard InChI is InChI=1S/C18H25NO2/c1-13(2)16-8-7-14(3)12-18(16)21-11-9-19-15(4)17-6-5-10-20-17/h5-8,10,12-13,15,19H,9,11H2,1-4H3. The normalized spacial score (nSPS) is 12.6. The molecular formula is C18H25NO2. The fourth-order valence-corrected chi connectivity index (χ4v) is 2.32. The minimum absolute atomic E-state index is 0.200. The van der Waals surface area contributed by atoms with Crippen molar-refractivity contribution >= 4 is 0 Å². The molecule has 1 aromatic heterocycles. The minimum Gasteiger partial charge on any atom is -0.492 e. The van der Waals surface area contributed by atoms with E-state index in [9.17, 15) is 0 Å². The number of ether oxygens (including phenoxy) is 1. The summed E-state index contributed by atoms with van der Waals surface area (Å²) in [7, 11) is 0. The molecule has 0 aliphatic carbocycles. The Kier molecular flexibility index (Phi) is 5.45. The minimum atomic E-state index is 0.200. The highest BCUT2D eigenvalue weighted by Crippen LogP contribution is 2.27. The van der Waals surface area contributed by atoms with Gasteiger partial charge in [0.15, 0.2) is 0 Å². The summed E-state index contributed by atoms with van der Waals surface area (Å²) < 4.78 is 11.3. The number of nitrogens with one attached hydrogen (secondary N) is 1. The van der Waals surface area contributed by atoms with Crippen molar-refractivity contribution in [3.63, 3.8) is 0 Å². The molecule has 0 saturated heterocycles. The van der Waals surface area contributed by atoms with Gasteiger partial charge in [0.05, 0.1) is 12.3 Å². The first-order chi connectivity index (χ1) is 10.1. The Bertz CT molecular complexity index is 546. The number of furan rings is 1. The summed E-state index contributed by atoms with van der Waals surface area (Å²) in [5, 5.41) is 3.40. The van der Waals surface area contributed by atoms with E-state index in [2.05, 4.69) is 51.2 Å². The monoisotopic (exact) mass is 287 g/mol. The predicted molar refractivity (Wildman–Crippen MR) is 85.9 cm³/mol. The van der Waals surface area contributed by atoms with Crippen LogP contribution < -0.4 is 10.1 Å². The van der Waals surface area contributed by atoms with Crippen LogP contribution in [0.1, 0.15) is 49.6 Å². The second-order valence-electron chi connectivity index (χ2n) is 5.74. The molecule has 0 bridgehead atoms. The molecule has 1 unspecified atom stereocenters. The molecule has 0 spiro atoms. The number of rotatable bonds is 7. The van der Waals surface area contributed by atoms with Crippen LogP contribution in [0.5, 0.6) is 5.75 Å². The van der Waals surface area contributed by atoms with E-state index < -0.39 is 0 Å². The fraction of sp³-hybridized carbons (Fsp3) is 0.444. The summed E-state index contributed by atoms with van der Waals surface area (Å²) in [5.74, 6) is 2.42. The average Bonchev–Trinajstić information content (AvgIpc) is 2.97. The maximum Gasteiger partial charge on any atom is 0.123 e. The van der Waals surface area contributed by atoms with E-state index in [0.29, 0.717) is 12.5 Å². The summed E-state index contributed by atoms with van der Waals surface area (Å²) in [6.07, 6.45) is 1.70. The third-order valence-electron chi connectivity index (χ3n) is 3.57. The van der Waals surface area contributed by atoms with Crippen molar-refractivity contribution < 1.29 is 9.15 Å². The fourth-order valence-electron chi connectivity index (χ4n) is 2.32. The first kappa shape index (κ1) is 15.6. The lowest BCUT2D eigenvalue weighted by Crippen LogP contribution is -2.24. The maximum atomic E-state index is 5.95. The SMILES string of the molecule is Cc1ccc(C(C)C)c(OCCNC(C)c2ccco2)c1. The molecular weight excluding hydrogens is 262 g/mol. The van der Waals surface area contributed by atoms with Gasteiger partial charge in [-0.15, -0.1) is 0 Å². The molecule has 0 aliphatic heterocycles. The van der Waals surface area contributed by atoms with Crippen molar-refractivity contribution in [1.29, 1.82) is 0 Å². The molecule has 1 heterocycles. The number of hydrogen-bond donors (Lipinski definition) is 1. The summed E-state index contributed by atoms with van der Waals surface area (Å²) in [6, 6.07) is 10.5. The molecule has 0 fully saturated rings. The Hall–Kier alpha value is -1.74. The molecule has 1 N–H and O–H groups in total. The largest absolute Gasteiger partial charge is 0.492 e. The van der Waals surface area contributed by atoms with Crippen molar-refractivity contribution in [1.82, 2.24) is 5.32 Å². The highest BCUT2D eigenvalue weighted by molar-refractivity contribution is 5.39. The van der Waals surface area contributed by atoms with Gasteiger partial charge in [-0.05, 0) is 49.1 Å². The molecule has 2 rings (SSSR count). The smallest absolute Gasteiger partial charge is 0.123 e. The van der Waals surface area contributed by atoms with Gasteiger partial charge >= 0.3 is 0 Å². The second-order valence-corrected chi connectivity index (χ2v) is 5.74. The van der Waals surface area contributed by atoms with Gasteiger partial charge in [-0.2, -0.15) is 0 Å².